The van der Waals surface area contributed by atoms with E-state index < -0.39 is 24.3 Å². The second kappa shape index (κ2) is 8.00. The van der Waals surface area contributed by atoms with Crippen LogP contribution in [-0.2, 0) is 4.79 Å². The van der Waals surface area contributed by atoms with Gasteiger partial charge >= 0.3 is 0 Å². The molecule has 9 heteroatoms. The van der Waals surface area contributed by atoms with Crippen molar-refractivity contribution in [3.63, 3.8) is 0 Å². The Hall–Kier alpha value is -2.26. The van der Waals surface area contributed by atoms with Crippen LogP contribution in [0.3, 0.4) is 0 Å². The number of aliphatic hydroxyl groups excluding tert-OH is 2. The van der Waals surface area contributed by atoms with E-state index in [-0.39, 0.29) is 5.91 Å². The number of carbonyl (C=O) groups is 1. The van der Waals surface area contributed by atoms with E-state index in [0.717, 1.165) is 12.8 Å². The largest absolute Gasteiger partial charge is 0.388 e. The summed E-state index contributed by atoms with van der Waals surface area (Å²) in [5.41, 5.74) is 1.28. The average Bonchev–Trinajstić information content (AvgIpc) is 3.26. The molecule has 152 valence electrons. The van der Waals surface area contributed by atoms with Crippen LogP contribution in [-0.4, -0.2) is 59.9 Å². The number of anilines is 1. The summed E-state index contributed by atoms with van der Waals surface area (Å²) in [5.74, 6) is 0.563. The summed E-state index contributed by atoms with van der Waals surface area (Å²) in [6.07, 6.45) is 7.81. The number of amides is 1. The first-order valence-electron chi connectivity index (χ1n) is 10.2. The number of aromatic nitrogens is 4. The summed E-state index contributed by atoms with van der Waals surface area (Å²) < 4.78 is 1.79. The lowest BCUT2D eigenvalue weighted by atomic mass is 9.95. The standard InChI is InChI=1S/C19H28N6O3/c1-2-14(26)24-12-8-13(17(28)16(12)27)25-10-22-15-18(20-9-21-19(15)25)23-11-6-4-3-5-7-11/h9-13,16-17,27-28H,2-8H2,1H3,(H,24,26)(H,20,21,23). The number of hydrogen-bond donors (Lipinski definition) is 4. The van der Waals surface area contributed by atoms with Gasteiger partial charge in [-0.25, -0.2) is 15.0 Å². The number of nitrogens with zero attached hydrogens (tertiary/aromatic N) is 4. The summed E-state index contributed by atoms with van der Waals surface area (Å²) in [6.45, 7) is 1.76. The van der Waals surface area contributed by atoms with E-state index >= 15 is 0 Å². The van der Waals surface area contributed by atoms with E-state index in [9.17, 15) is 15.0 Å². The normalized spacial score (nSPS) is 28.5. The minimum atomic E-state index is -1.03. The number of fused-ring (bicyclic) bond motifs is 1. The predicted octanol–water partition coefficient (Wildman–Crippen LogP) is 1.13. The van der Waals surface area contributed by atoms with Crippen molar-refractivity contribution < 1.29 is 15.0 Å². The first kappa shape index (κ1) is 19.1. The van der Waals surface area contributed by atoms with Crippen molar-refractivity contribution in [2.45, 2.75) is 82.2 Å². The number of imidazole rings is 1. The monoisotopic (exact) mass is 388 g/mol. The number of aliphatic hydroxyl groups is 2. The van der Waals surface area contributed by atoms with Gasteiger partial charge in [-0.3, -0.25) is 4.79 Å². The Kier molecular flexibility index (Phi) is 5.45. The molecule has 9 nitrogen and oxygen atoms in total. The molecule has 0 radical (unpaired) electrons. The predicted molar refractivity (Wildman–Crippen MR) is 104 cm³/mol. The summed E-state index contributed by atoms with van der Waals surface area (Å²) in [6, 6.07) is -0.518. The van der Waals surface area contributed by atoms with Gasteiger partial charge in [0.1, 0.15) is 24.1 Å². The topological polar surface area (TPSA) is 125 Å². The number of hydrogen-bond acceptors (Lipinski definition) is 7. The lowest BCUT2D eigenvalue weighted by Crippen LogP contribution is -2.42. The highest BCUT2D eigenvalue weighted by molar-refractivity contribution is 5.83. The Morgan fingerprint density at radius 3 is 2.71 bits per heavy atom. The van der Waals surface area contributed by atoms with Crippen LogP contribution in [0.4, 0.5) is 5.82 Å². The Morgan fingerprint density at radius 1 is 1.18 bits per heavy atom. The third-order valence-corrected chi connectivity index (χ3v) is 5.98. The second-order valence-electron chi connectivity index (χ2n) is 7.84. The molecule has 4 rings (SSSR count). The average molecular weight is 388 g/mol. The first-order chi connectivity index (χ1) is 13.6. The van der Waals surface area contributed by atoms with Crippen molar-refractivity contribution in [3.05, 3.63) is 12.7 Å². The molecule has 0 bridgehead atoms. The summed E-state index contributed by atoms with van der Waals surface area (Å²) in [4.78, 5) is 24.9. The van der Waals surface area contributed by atoms with Gasteiger partial charge in [-0.05, 0) is 19.3 Å². The lowest BCUT2D eigenvalue weighted by molar-refractivity contribution is -0.122. The maximum absolute atomic E-state index is 11.7. The molecule has 0 aromatic carbocycles. The molecular weight excluding hydrogens is 360 g/mol. The van der Waals surface area contributed by atoms with E-state index in [1.54, 1.807) is 17.8 Å². The van der Waals surface area contributed by atoms with Crippen LogP contribution in [0, 0.1) is 0 Å². The van der Waals surface area contributed by atoms with Gasteiger partial charge in [0.05, 0.1) is 18.4 Å². The van der Waals surface area contributed by atoms with Crippen LogP contribution in [0.2, 0.25) is 0 Å². The fraction of sp³-hybridized carbons (Fsp3) is 0.684. The highest BCUT2D eigenvalue weighted by Gasteiger charge is 2.43. The number of carbonyl (C=O) groups excluding carboxylic acids is 1. The smallest absolute Gasteiger partial charge is 0.220 e. The number of nitrogens with one attached hydrogen (secondary N) is 2. The van der Waals surface area contributed by atoms with Gasteiger partial charge < -0.3 is 25.4 Å². The molecular formula is C19H28N6O3. The Bertz CT molecular complexity index is 834. The van der Waals surface area contributed by atoms with Gasteiger partial charge in [-0.2, -0.15) is 0 Å². The SMILES string of the molecule is CCC(=O)NC1CC(n2cnc3c(NC4CCCCC4)ncnc32)C(O)C1O. The fourth-order valence-corrected chi connectivity index (χ4v) is 4.38. The molecule has 0 saturated heterocycles. The second-order valence-corrected chi connectivity index (χ2v) is 7.84. The minimum absolute atomic E-state index is 0.145. The molecule has 0 aliphatic heterocycles. The van der Waals surface area contributed by atoms with Gasteiger partial charge in [-0.15, -0.1) is 0 Å². The van der Waals surface area contributed by atoms with Gasteiger partial charge in [0.15, 0.2) is 11.5 Å². The summed E-state index contributed by atoms with van der Waals surface area (Å²) in [5, 5.41) is 27.2. The molecule has 2 fully saturated rings. The minimum Gasteiger partial charge on any atom is -0.388 e. The van der Waals surface area contributed by atoms with Crippen molar-refractivity contribution in [1.29, 1.82) is 0 Å². The Morgan fingerprint density at radius 2 is 1.96 bits per heavy atom. The van der Waals surface area contributed by atoms with Gasteiger partial charge in [0.25, 0.3) is 0 Å². The Labute approximate surface area is 163 Å². The fourth-order valence-electron chi connectivity index (χ4n) is 4.38. The zero-order valence-electron chi connectivity index (χ0n) is 16.1. The first-order valence-corrected chi connectivity index (χ1v) is 10.2. The van der Waals surface area contributed by atoms with Gasteiger partial charge in [0.2, 0.25) is 5.91 Å². The third-order valence-electron chi connectivity index (χ3n) is 5.98. The number of rotatable bonds is 5. The van der Waals surface area contributed by atoms with Crippen LogP contribution >= 0.6 is 0 Å². The van der Waals surface area contributed by atoms with Gasteiger partial charge in [0, 0.05) is 12.5 Å². The van der Waals surface area contributed by atoms with Crippen molar-refractivity contribution in [2.75, 3.05) is 5.32 Å². The van der Waals surface area contributed by atoms with E-state index in [0.29, 0.717) is 35.9 Å². The highest BCUT2D eigenvalue weighted by Crippen LogP contribution is 2.34. The highest BCUT2D eigenvalue weighted by atomic mass is 16.3. The van der Waals surface area contributed by atoms with Crippen LogP contribution < -0.4 is 10.6 Å². The molecule has 2 aliphatic rings. The summed E-state index contributed by atoms with van der Waals surface area (Å²) in [7, 11) is 0. The van der Waals surface area contributed by atoms with Crippen LogP contribution in [0.1, 0.15) is 57.9 Å². The van der Waals surface area contributed by atoms with Gasteiger partial charge in [-0.1, -0.05) is 26.2 Å². The molecule has 2 aromatic rings. The Balaban J connectivity index is 1.57. The quantitative estimate of drug-likeness (QED) is 0.605. The van der Waals surface area contributed by atoms with Crippen LogP contribution in [0.5, 0.6) is 0 Å². The molecule has 28 heavy (non-hydrogen) atoms. The molecule has 2 heterocycles. The maximum Gasteiger partial charge on any atom is 0.220 e. The third kappa shape index (κ3) is 3.56. The molecule has 4 atom stereocenters. The van der Waals surface area contributed by atoms with E-state index in [2.05, 4.69) is 25.6 Å². The van der Waals surface area contributed by atoms with Crippen molar-refractivity contribution in [3.8, 4) is 0 Å². The summed E-state index contributed by atoms with van der Waals surface area (Å²) >= 11 is 0. The lowest BCUT2D eigenvalue weighted by Gasteiger charge is -2.23. The molecule has 2 aromatic heterocycles. The molecule has 1 amide bonds. The molecule has 4 N–H and O–H groups in total. The van der Waals surface area contributed by atoms with Crippen LogP contribution in [0.25, 0.3) is 11.2 Å². The van der Waals surface area contributed by atoms with E-state index in [4.69, 9.17) is 0 Å². The molecule has 2 saturated carbocycles. The van der Waals surface area contributed by atoms with Crippen LogP contribution in [0.15, 0.2) is 12.7 Å². The van der Waals surface area contributed by atoms with Crippen molar-refractivity contribution in [2.24, 2.45) is 0 Å². The van der Waals surface area contributed by atoms with E-state index in [1.807, 2.05) is 0 Å². The molecule has 0 spiro atoms. The van der Waals surface area contributed by atoms with E-state index in [1.165, 1.54) is 25.6 Å². The zero-order chi connectivity index (χ0) is 19.7. The zero-order valence-corrected chi connectivity index (χ0v) is 16.1. The van der Waals surface area contributed by atoms with Crippen molar-refractivity contribution in [1.82, 2.24) is 24.8 Å². The maximum atomic E-state index is 11.7. The molecule has 4 unspecified atom stereocenters. The van der Waals surface area contributed by atoms with Crippen molar-refractivity contribution >= 4 is 22.9 Å². The molecule has 2 aliphatic carbocycles.